The van der Waals surface area contributed by atoms with E-state index in [2.05, 4.69) is 10.2 Å². The Hall–Kier alpha value is -1.25. The van der Waals surface area contributed by atoms with Crippen LogP contribution in [0.3, 0.4) is 0 Å². The topological polar surface area (TPSA) is 15.3 Å². The predicted octanol–water partition coefficient (Wildman–Crippen LogP) is 2.00. The van der Waals surface area contributed by atoms with Crippen molar-refractivity contribution in [2.24, 2.45) is 0 Å². The summed E-state index contributed by atoms with van der Waals surface area (Å²) in [6.45, 7) is 3.64. The van der Waals surface area contributed by atoms with Gasteiger partial charge in [0.1, 0.15) is 5.82 Å². The number of nitrogens with one attached hydrogen (secondary N) is 1. The molecule has 1 aliphatic heterocycles. The van der Waals surface area contributed by atoms with Crippen LogP contribution in [0.25, 0.3) is 0 Å². The second-order valence-electron chi connectivity index (χ2n) is 3.47. The average Bonchev–Trinajstić information content (AvgIpc) is 2.09. The van der Waals surface area contributed by atoms with Crippen LogP contribution in [-0.2, 0) is 0 Å². The number of nitrogens with zero attached hydrogens (tertiary/aromatic N) is 1. The van der Waals surface area contributed by atoms with E-state index in [0.29, 0.717) is 5.56 Å². The summed E-state index contributed by atoms with van der Waals surface area (Å²) in [5.74, 6) is -0.137. The van der Waals surface area contributed by atoms with Crippen LogP contribution >= 0.6 is 0 Å². The van der Waals surface area contributed by atoms with Crippen LogP contribution < -0.4 is 10.2 Å². The van der Waals surface area contributed by atoms with Gasteiger partial charge in [-0.2, -0.15) is 0 Å². The highest BCUT2D eigenvalue weighted by Crippen LogP contribution is 2.30. The maximum Gasteiger partial charge on any atom is 0.128 e. The Bertz CT molecular complexity index is 336. The van der Waals surface area contributed by atoms with E-state index in [1.165, 1.54) is 0 Å². The van der Waals surface area contributed by atoms with Crippen molar-refractivity contribution in [1.29, 1.82) is 0 Å². The Morgan fingerprint density at radius 2 is 2.23 bits per heavy atom. The summed E-state index contributed by atoms with van der Waals surface area (Å²) in [4.78, 5) is 2.14. The zero-order valence-corrected chi connectivity index (χ0v) is 7.89. The van der Waals surface area contributed by atoms with E-state index >= 15 is 0 Å². The molecule has 0 atom stereocenters. The van der Waals surface area contributed by atoms with E-state index in [4.69, 9.17) is 0 Å². The highest BCUT2D eigenvalue weighted by molar-refractivity contribution is 5.72. The van der Waals surface area contributed by atoms with Gasteiger partial charge in [0, 0.05) is 20.1 Å². The summed E-state index contributed by atoms with van der Waals surface area (Å²) in [6, 6.07) is 3.46. The Kier molecular flexibility index (Phi) is 1.87. The molecule has 0 saturated carbocycles. The van der Waals surface area contributed by atoms with Crippen molar-refractivity contribution in [2.75, 3.05) is 30.4 Å². The molecule has 1 N–H and O–H groups in total. The molecular formula is C10H13FN2. The SMILES string of the molecule is Cc1cc2c(cc1F)NCCN2C. The maximum absolute atomic E-state index is 13.2. The number of hydrogen-bond acceptors (Lipinski definition) is 2. The Labute approximate surface area is 77.4 Å². The fourth-order valence-corrected chi connectivity index (χ4v) is 1.60. The second kappa shape index (κ2) is 2.91. The molecule has 0 unspecified atom stereocenters. The first kappa shape index (κ1) is 8.35. The highest BCUT2D eigenvalue weighted by atomic mass is 19.1. The number of likely N-dealkylation sites (N-methyl/N-ethyl adjacent to an activating group) is 1. The van der Waals surface area contributed by atoms with Crippen molar-refractivity contribution in [3.63, 3.8) is 0 Å². The molecule has 1 aromatic rings. The monoisotopic (exact) mass is 180 g/mol. The zero-order chi connectivity index (χ0) is 9.42. The van der Waals surface area contributed by atoms with Gasteiger partial charge >= 0.3 is 0 Å². The van der Waals surface area contributed by atoms with Crippen LogP contribution in [0.1, 0.15) is 5.56 Å². The number of rotatable bonds is 0. The first-order chi connectivity index (χ1) is 6.18. The van der Waals surface area contributed by atoms with Gasteiger partial charge in [0.2, 0.25) is 0 Å². The van der Waals surface area contributed by atoms with Gasteiger partial charge in [-0.05, 0) is 24.6 Å². The summed E-state index contributed by atoms with van der Waals surface area (Å²) in [5, 5.41) is 3.18. The van der Waals surface area contributed by atoms with Crippen LogP contribution in [0.15, 0.2) is 12.1 Å². The molecule has 0 aliphatic carbocycles. The van der Waals surface area contributed by atoms with E-state index in [1.807, 2.05) is 13.1 Å². The number of benzene rings is 1. The molecule has 2 nitrogen and oxygen atoms in total. The first-order valence-corrected chi connectivity index (χ1v) is 4.43. The smallest absolute Gasteiger partial charge is 0.128 e. The lowest BCUT2D eigenvalue weighted by Crippen LogP contribution is -2.30. The molecule has 70 valence electrons. The molecule has 0 radical (unpaired) electrons. The van der Waals surface area contributed by atoms with Crippen molar-refractivity contribution in [3.8, 4) is 0 Å². The maximum atomic E-state index is 13.2. The molecule has 1 heterocycles. The fraction of sp³-hybridized carbons (Fsp3) is 0.400. The van der Waals surface area contributed by atoms with Crippen LogP contribution in [-0.4, -0.2) is 20.1 Å². The van der Waals surface area contributed by atoms with E-state index in [1.54, 1.807) is 13.0 Å². The minimum atomic E-state index is -0.137. The van der Waals surface area contributed by atoms with Gasteiger partial charge in [-0.1, -0.05) is 0 Å². The number of anilines is 2. The van der Waals surface area contributed by atoms with E-state index in [0.717, 1.165) is 24.5 Å². The molecule has 3 heteroatoms. The third-order valence-corrected chi connectivity index (χ3v) is 2.45. The molecule has 0 aromatic heterocycles. The highest BCUT2D eigenvalue weighted by Gasteiger charge is 2.14. The summed E-state index contributed by atoms with van der Waals surface area (Å²) in [7, 11) is 2.02. The van der Waals surface area contributed by atoms with Gasteiger partial charge in [0.05, 0.1) is 11.4 Å². The molecule has 1 aliphatic rings. The number of fused-ring (bicyclic) bond motifs is 1. The first-order valence-electron chi connectivity index (χ1n) is 4.43. The third kappa shape index (κ3) is 1.34. The third-order valence-electron chi connectivity index (χ3n) is 2.45. The van der Waals surface area contributed by atoms with Gasteiger partial charge in [-0.3, -0.25) is 0 Å². The van der Waals surface area contributed by atoms with Gasteiger partial charge in [0.25, 0.3) is 0 Å². The lowest BCUT2D eigenvalue weighted by atomic mass is 10.1. The van der Waals surface area contributed by atoms with E-state index in [9.17, 15) is 4.39 Å². The van der Waals surface area contributed by atoms with Crippen molar-refractivity contribution < 1.29 is 4.39 Å². The molecule has 0 bridgehead atoms. The van der Waals surface area contributed by atoms with Crippen molar-refractivity contribution in [2.45, 2.75) is 6.92 Å². The van der Waals surface area contributed by atoms with E-state index in [-0.39, 0.29) is 5.82 Å². The lowest BCUT2D eigenvalue weighted by molar-refractivity contribution is 0.618. The molecule has 0 spiro atoms. The standard InChI is InChI=1S/C10H13FN2/c1-7-5-10-9(6-8(7)11)12-3-4-13(10)2/h5-6,12H,3-4H2,1-2H3. The molecule has 0 fully saturated rings. The molecule has 2 rings (SSSR count). The van der Waals surface area contributed by atoms with Crippen molar-refractivity contribution >= 4 is 11.4 Å². The van der Waals surface area contributed by atoms with Crippen LogP contribution in [0.5, 0.6) is 0 Å². The summed E-state index contributed by atoms with van der Waals surface area (Å²) >= 11 is 0. The predicted molar refractivity (Wildman–Crippen MR) is 52.9 cm³/mol. The van der Waals surface area contributed by atoms with E-state index < -0.39 is 0 Å². The van der Waals surface area contributed by atoms with Crippen LogP contribution in [0.2, 0.25) is 0 Å². The Morgan fingerprint density at radius 3 is 3.00 bits per heavy atom. The fourth-order valence-electron chi connectivity index (χ4n) is 1.60. The minimum absolute atomic E-state index is 0.137. The number of aryl methyl sites for hydroxylation is 1. The van der Waals surface area contributed by atoms with Crippen molar-refractivity contribution in [1.82, 2.24) is 0 Å². The minimum Gasteiger partial charge on any atom is -0.382 e. The zero-order valence-electron chi connectivity index (χ0n) is 7.89. The summed E-state index contributed by atoms with van der Waals surface area (Å²) in [6.07, 6.45) is 0. The number of hydrogen-bond donors (Lipinski definition) is 1. The van der Waals surface area contributed by atoms with Crippen LogP contribution in [0.4, 0.5) is 15.8 Å². The molecule has 1 aromatic carbocycles. The van der Waals surface area contributed by atoms with Gasteiger partial charge in [-0.15, -0.1) is 0 Å². The molecule has 13 heavy (non-hydrogen) atoms. The van der Waals surface area contributed by atoms with Crippen LogP contribution in [0, 0.1) is 12.7 Å². The largest absolute Gasteiger partial charge is 0.382 e. The van der Waals surface area contributed by atoms with Gasteiger partial charge < -0.3 is 10.2 Å². The summed E-state index contributed by atoms with van der Waals surface area (Å²) in [5.41, 5.74) is 2.69. The molecule has 0 amide bonds. The molecular weight excluding hydrogens is 167 g/mol. The Morgan fingerprint density at radius 1 is 1.46 bits per heavy atom. The quantitative estimate of drug-likeness (QED) is 0.657. The average molecular weight is 180 g/mol. The second-order valence-corrected chi connectivity index (χ2v) is 3.47. The van der Waals surface area contributed by atoms with Gasteiger partial charge in [-0.25, -0.2) is 4.39 Å². The lowest BCUT2D eigenvalue weighted by Gasteiger charge is -2.28. The van der Waals surface area contributed by atoms with Gasteiger partial charge in [0.15, 0.2) is 0 Å². The summed E-state index contributed by atoms with van der Waals surface area (Å²) < 4.78 is 13.2. The Balaban J connectivity index is 2.52. The molecule has 0 saturated heterocycles. The van der Waals surface area contributed by atoms with Crippen molar-refractivity contribution in [3.05, 3.63) is 23.5 Å². The normalized spacial score (nSPS) is 15.2. The number of halogens is 1.